The van der Waals surface area contributed by atoms with Crippen LogP contribution in [0.3, 0.4) is 0 Å². The number of unbranched alkanes of at least 4 members (excludes halogenated alkanes) is 1. The summed E-state index contributed by atoms with van der Waals surface area (Å²) in [6.07, 6.45) is 10.7. The third-order valence-electron chi connectivity index (χ3n) is 12.0. The maximum Gasteiger partial charge on any atom is 0.220 e. The molecular weight excluding hydrogens is 520 g/mol. The summed E-state index contributed by atoms with van der Waals surface area (Å²) in [5.41, 5.74) is 14.6. The zero-order chi connectivity index (χ0) is 29.7. The average Bonchev–Trinajstić information content (AvgIpc) is 3.44. The van der Waals surface area contributed by atoms with E-state index >= 15 is 0 Å². The average molecular weight is 565 g/mol. The van der Waals surface area contributed by atoms with E-state index in [0.717, 1.165) is 19.3 Å². The van der Waals surface area contributed by atoms with E-state index in [9.17, 15) is 0 Å². The maximum absolute atomic E-state index is 2.70. The van der Waals surface area contributed by atoms with E-state index in [0.29, 0.717) is 12.1 Å². The summed E-state index contributed by atoms with van der Waals surface area (Å²) < 4.78 is 5.32. The summed E-state index contributed by atoms with van der Waals surface area (Å²) in [6, 6.07) is 29.1. The molecule has 0 amide bonds. The van der Waals surface area contributed by atoms with Crippen LogP contribution in [0.25, 0.3) is 33.3 Å². The predicted octanol–water partition coefficient (Wildman–Crippen LogP) is 9.23. The van der Waals surface area contributed by atoms with Gasteiger partial charge in [-0.25, -0.2) is 0 Å². The van der Waals surface area contributed by atoms with Gasteiger partial charge in [0.05, 0.1) is 21.9 Å². The lowest BCUT2D eigenvalue weighted by molar-refractivity contribution is -0.708. The van der Waals surface area contributed by atoms with Crippen molar-refractivity contribution in [3.05, 3.63) is 119 Å². The first-order valence-electron chi connectivity index (χ1n) is 16.5. The van der Waals surface area contributed by atoms with E-state index in [1.807, 2.05) is 0 Å². The van der Waals surface area contributed by atoms with Crippen molar-refractivity contribution in [3.63, 3.8) is 0 Å². The Kier molecular flexibility index (Phi) is 5.84. The van der Waals surface area contributed by atoms with Crippen molar-refractivity contribution < 1.29 is 9.13 Å². The molecule has 4 atom stereocenters. The summed E-state index contributed by atoms with van der Waals surface area (Å²) >= 11 is 0. The molecule has 2 nitrogen and oxygen atoms in total. The highest BCUT2D eigenvalue weighted by Gasteiger charge is 2.83. The van der Waals surface area contributed by atoms with Crippen molar-refractivity contribution in [1.82, 2.24) is 0 Å². The number of fused-ring (bicyclic) bond motifs is 11. The predicted molar refractivity (Wildman–Crippen MR) is 176 cm³/mol. The molecule has 8 rings (SSSR count). The Balaban J connectivity index is 1.35. The number of aromatic nitrogens is 2. The minimum atomic E-state index is 0.0593. The molecule has 0 saturated heterocycles. The molecule has 4 unspecified atom stereocenters. The van der Waals surface area contributed by atoms with Crippen LogP contribution in [-0.2, 0) is 11.8 Å². The molecule has 216 valence electrons. The number of hydrogen-bond donors (Lipinski definition) is 0. The second-order valence-corrected chi connectivity index (χ2v) is 13.9. The Morgan fingerprint density at radius 2 is 1.58 bits per heavy atom. The molecule has 1 fully saturated rings. The SMILES string of the molecule is CCCCc1cccc2c3[n+](ccc12)C1C(C)(CC)C1(CC1c2ccc(C)cc2-c2c(C)c(C)cc[n+]21)c1ccccc1-3. The molecule has 0 bridgehead atoms. The number of rotatable bonds is 6. The molecule has 2 aliphatic heterocycles. The van der Waals surface area contributed by atoms with Crippen molar-refractivity contribution in [1.29, 1.82) is 0 Å². The molecule has 0 radical (unpaired) electrons. The van der Waals surface area contributed by atoms with Crippen LogP contribution in [0.1, 0.15) is 91.9 Å². The minimum Gasteiger partial charge on any atom is -0.193 e. The summed E-state index contributed by atoms with van der Waals surface area (Å²) in [4.78, 5) is 0. The largest absolute Gasteiger partial charge is 0.220 e. The number of pyridine rings is 2. The van der Waals surface area contributed by atoms with E-state index in [2.05, 4.69) is 136 Å². The molecule has 3 aromatic carbocycles. The van der Waals surface area contributed by atoms with Crippen LogP contribution in [0.2, 0.25) is 0 Å². The molecule has 4 heterocycles. The normalized spacial score (nSPS) is 24.2. The van der Waals surface area contributed by atoms with Crippen LogP contribution in [0.4, 0.5) is 0 Å². The third kappa shape index (κ3) is 3.41. The molecule has 1 saturated carbocycles. The standard InChI is InChI=1S/C41H44N2/c1-7-9-13-29-14-12-16-32-30(29)21-23-43-38(32)33-15-10-11-17-35(33)41(39(43)40(41,6)8-2)25-36-31-19-18-26(3)24-34(31)37-28(5)27(4)20-22-42(36)37/h10-12,14-24,36,39H,7-9,13,25H2,1-6H3/q+2. The van der Waals surface area contributed by atoms with Crippen molar-refractivity contribution in [3.8, 4) is 22.5 Å². The van der Waals surface area contributed by atoms with E-state index in [-0.39, 0.29) is 10.8 Å². The van der Waals surface area contributed by atoms with Crippen molar-refractivity contribution in [2.45, 2.75) is 91.1 Å². The number of aryl methyl sites for hydroxylation is 3. The van der Waals surface area contributed by atoms with Gasteiger partial charge < -0.3 is 0 Å². The van der Waals surface area contributed by atoms with Crippen molar-refractivity contribution in [2.75, 3.05) is 0 Å². The Hall–Kier alpha value is -3.78. The number of hydrogen-bond acceptors (Lipinski definition) is 0. The zero-order valence-electron chi connectivity index (χ0n) is 26.7. The van der Waals surface area contributed by atoms with Gasteiger partial charge in [-0.15, -0.1) is 0 Å². The number of benzene rings is 3. The molecule has 43 heavy (non-hydrogen) atoms. The smallest absolute Gasteiger partial charge is 0.193 e. The van der Waals surface area contributed by atoms with Gasteiger partial charge in [-0.2, -0.15) is 9.13 Å². The lowest BCUT2D eigenvalue weighted by Crippen LogP contribution is -2.45. The lowest BCUT2D eigenvalue weighted by atomic mass is 9.76. The van der Waals surface area contributed by atoms with Gasteiger partial charge in [0.15, 0.2) is 24.5 Å². The Morgan fingerprint density at radius 3 is 2.40 bits per heavy atom. The van der Waals surface area contributed by atoms with E-state index in [1.165, 1.54) is 73.9 Å². The van der Waals surface area contributed by atoms with Gasteiger partial charge >= 0.3 is 0 Å². The van der Waals surface area contributed by atoms with E-state index in [1.54, 1.807) is 5.56 Å². The van der Waals surface area contributed by atoms with Crippen LogP contribution in [-0.4, -0.2) is 0 Å². The third-order valence-corrected chi connectivity index (χ3v) is 12.0. The molecule has 1 aliphatic carbocycles. The first kappa shape index (κ1) is 26.8. The van der Waals surface area contributed by atoms with Gasteiger partial charge in [0.25, 0.3) is 0 Å². The summed E-state index contributed by atoms with van der Waals surface area (Å²) in [5.74, 6) is 0. The molecule has 2 aromatic heterocycles. The van der Waals surface area contributed by atoms with Crippen molar-refractivity contribution >= 4 is 10.8 Å². The second kappa shape index (κ2) is 9.36. The van der Waals surface area contributed by atoms with Gasteiger partial charge in [-0.3, -0.25) is 0 Å². The molecule has 3 aliphatic rings. The highest BCUT2D eigenvalue weighted by Crippen LogP contribution is 2.77. The number of nitrogens with zero attached hydrogens (tertiary/aromatic N) is 2. The Morgan fingerprint density at radius 1 is 0.767 bits per heavy atom. The molecule has 0 N–H and O–H groups in total. The van der Waals surface area contributed by atoms with Gasteiger partial charge in [-0.05, 0) is 80.3 Å². The van der Waals surface area contributed by atoms with Gasteiger partial charge in [-0.1, -0.05) is 75.2 Å². The zero-order valence-corrected chi connectivity index (χ0v) is 26.7. The minimum absolute atomic E-state index is 0.0593. The lowest BCUT2D eigenvalue weighted by Gasteiger charge is -2.27. The molecular formula is C41H44N2+2. The summed E-state index contributed by atoms with van der Waals surface area (Å²) in [7, 11) is 0. The fourth-order valence-electron chi connectivity index (χ4n) is 9.45. The maximum atomic E-state index is 2.70. The monoisotopic (exact) mass is 564 g/mol. The van der Waals surface area contributed by atoms with Gasteiger partial charge in [0, 0.05) is 35.1 Å². The first-order valence-corrected chi connectivity index (χ1v) is 16.5. The fourth-order valence-corrected chi connectivity index (χ4v) is 9.45. The van der Waals surface area contributed by atoms with Crippen LogP contribution >= 0.6 is 0 Å². The Labute approximate surface area is 257 Å². The second-order valence-electron chi connectivity index (χ2n) is 13.9. The highest BCUT2D eigenvalue weighted by molar-refractivity contribution is 5.96. The van der Waals surface area contributed by atoms with Crippen molar-refractivity contribution in [2.24, 2.45) is 5.41 Å². The molecule has 2 heteroatoms. The quantitative estimate of drug-likeness (QED) is 0.182. The first-order chi connectivity index (χ1) is 20.9. The van der Waals surface area contributed by atoms with Crippen LogP contribution < -0.4 is 9.13 Å². The fraction of sp³-hybridized carbons (Fsp3) is 0.366. The highest BCUT2D eigenvalue weighted by atomic mass is 15.2. The van der Waals surface area contributed by atoms with E-state index in [4.69, 9.17) is 0 Å². The molecule has 0 spiro atoms. The topological polar surface area (TPSA) is 7.76 Å². The van der Waals surface area contributed by atoms with Crippen LogP contribution in [0.15, 0.2) is 85.2 Å². The van der Waals surface area contributed by atoms with Crippen LogP contribution in [0, 0.1) is 26.2 Å². The summed E-state index contributed by atoms with van der Waals surface area (Å²) in [6.45, 7) is 14.1. The van der Waals surface area contributed by atoms with E-state index < -0.39 is 0 Å². The Bertz CT molecular complexity index is 1950. The van der Waals surface area contributed by atoms with Gasteiger partial charge in [0.2, 0.25) is 11.4 Å². The van der Waals surface area contributed by atoms with Crippen LogP contribution in [0.5, 0.6) is 0 Å². The van der Waals surface area contributed by atoms with Gasteiger partial charge in [0.1, 0.15) is 0 Å². The molecule has 5 aromatic rings. The summed E-state index contributed by atoms with van der Waals surface area (Å²) in [5, 5.41) is 2.84.